The van der Waals surface area contributed by atoms with Crippen molar-refractivity contribution in [2.24, 2.45) is 0 Å². The fraction of sp³-hybridized carbons (Fsp3) is 0.444. The molecule has 0 spiro atoms. The molecule has 5 N–H and O–H groups in total. The molecule has 0 unspecified atom stereocenters. The van der Waals surface area contributed by atoms with Gasteiger partial charge in [0.25, 0.3) is 11.8 Å². The van der Waals surface area contributed by atoms with Crippen molar-refractivity contribution in [1.29, 1.82) is 0 Å². The number of halogens is 1. The number of nitrogens with zero attached hydrogens (tertiary/aromatic N) is 1. The summed E-state index contributed by atoms with van der Waals surface area (Å²) in [6, 6.07) is 6.02. The number of hydrogen-bond acceptors (Lipinski definition) is 5. The topological polar surface area (TPSA) is 126 Å². The van der Waals surface area contributed by atoms with E-state index < -0.39 is 36.2 Å². The second-order valence-corrected chi connectivity index (χ2v) is 7.16. The molecule has 4 atom stereocenters. The molecule has 0 saturated carbocycles. The van der Waals surface area contributed by atoms with Gasteiger partial charge in [-0.25, -0.2) is 0 Å². The van der Waals surface area contributed by atoms with E-state index in [-0.39, 0.29) is 18.8 Å². The first-order valence-electron chi connectivity index (χ1n) is 8.72. The number of aromatic nitrogens is 1. The van der Waals surface area contributed by atoms with E-state index in [9.17, 15) is 24.9 Å². The van der Waals surface area contributed by atoms with Crippen LogP contribution in [-0.2, 0) is 4.79 Å². The van der Waals surface area contributed by atoms with Crippen molar-refractivity contribution in [3.63, 3.8) is 0 Å². The van der Waals surface area contributed by atoms with Crippen LogP contribution >= 0.6 is 11.6 Å². The molecule has 0 bridgehead atoms. The summed E-state index contributed by atoms with van der Waals surface area (Å²) in [5.41, 5.74) is 1.03. The molecule has 2 heterocycles. The first-order chi connectivity index (χ1) is 12.8. The van der Waals surface area contributed by atoms with Crippen LogP contribution in [0.3, 0.4) is 0 Å². The Hall–Kier alpha value is -2.13. The fourth-order valence-electron chi connectivity index (χ4n) is 3.18. The molecule has 27 heavy (non-hydrogen) atoms. The molecule has 1 aromatic carbocycles. The van der Waals surface area contributed by atoms with Gasteiger partial charge in [-0.15, -0.1) is 0 Å². The summed E-state index contributed by atoms with van der Waals surface area (Å²) in [6.07, 6.45) is -3.22. The molecule has 1 aliphatic heterocycles. The Labute approximate surface area is 160 Å². The molecule has 2 amide bonds. The van der Waals surface area contributed by atoms with Gasteiger partial charge in [0.1, 0.15) is 5.69 Å². The van der Waals surface area contributed by atoms with Crippen LogP contribution in [0.1, 0.15) is 23.8 Å². The number of carbonyl (C=O) groups excluding carboxylic acids is 2. The SMILES string of the molecule is CC[C@H](NC(=O)c1cc2cc(Cl)ccc2[nH]1)[C@@H](O)C(=O)N1C[C@@H](O)[C@@H](O)C1. The van der Waals surface area contributed by atoms with E-state index in [1.54, 1.807) is 31.2 Å². The third kappa shape index (κ3) is 4.08. The Bertz CT molecular complexity index is 845. The lowest BCUT2D eigenvalue weighted by Gasteiger charge is -2.26. The highest BCUT2D eigenvalue weighted by atomic mass is 35.5. The zero-order chi connectivity index (χ0) is 19.7. The molecule has 1 fully saturated rings. The van der Waals surface area contributed by atoms with Gasteiger partial charge in [-0.05, 0) is 30.7 Å². The number of nitrogens with one attached hydrogen (secondary N) is 2. The molecule has 146 valence electrons. The van der Waals surface area contributed by atoms with E-state index in [1.165, 1.54) is 4.90 Å². The number of H-pyrrole nitrogens is 1. The average Bonchev–Trinajstić information content (AvgIpc) is 3.21. The molecular weight excluding hydrogens is 374 g/mol. The minimum atomic E-state index is -1.48. The summed E-state index contributed by atoms with van der Waals surface area (Å²) in [7, 11) is 0. The number of likely N-dealkylation sites (tertiary alicyclic amines) is 1. The summed E-state index contributed by atoms with van der Waals surface area (Å²) in [5.74, 6) is -1.09. The summed E-state index contributed by atoms with van der Waals surface area (Å²) in [6.45, 7) is 1.63. The molecule has 3 rings (SSSR count). The van der Waals surface area contributed by atoms with Crippen LogP contribution in [0, 0.1) is 0 Å². The van der Waals surface area contributed by atoms with Crippen molar-refractivity contribution < 1.29 is 24.9 Å². The summed E-state index contributed by atoms with van der Waals surface area (Å²) in [5, 5.41) is 33.5. The lowest BCUT2D eigenvalue weighted by Crippen LogP contribution is -2.51. The third-order valence-corrected chi connectivity index (χ3v) is 5.02. The van der Waals surface area contributed by atoms with Gasteiger partial charge in [0, 0.05) is 29.0 Å². The maximum absolute atomic E-state index is 12.5. The molecule has 0 aliphatic carbocycles. The molecule has 1 aromatic heterocycles. The van der Waals surface area contributed by atoms with Crippen LogP contribution in [0.5, 0.6) is 0 Å². The molecule has 1 saturated heterocycles. The highest BCUT2D eigenvalue weighted by Gasteiger charge is 2.37. The number of benzene rings is 1. The second kappa shape index (κ2) is 7.85. The molecule has 2 aromatic rings. The quantitative estimate of drug-likeness (QED) is 0.496. The van der Waals surface area contributed by atoms with E-state index >= 15 is 0 Å². The Morgan fingerprint density at radius 2 is 1.96 bits per heavy atom. The van der Waals surface area contributed by atoms with Crippen LogP contribution < -0.4 is 5.32 Å². The maximum Gasteiger partial charge on any atom is 0.268 e. The number of hydrogen-bond donors (Lipinski definition) is 5. The van der Waals surface area contributed by atoms with Crippen molar-refractivity contribution in [3.05, 3.63) is 35.0 Å². The Morgan fingerprint density at radius 3 is 2.59 bits per heavy atom. The Morgan fingerprint density at radius 1 is 1.30 bits per heavy atom. The van der Waals surface area contributed by atoms with Crippen molar-refractivity contribution in [2.75, 3.05) is 13.1 Å². The second-order valence-electron chi connectivity index (χ2n) is 6.73. The first kappa shape index (κ1) is 19.6. The highest BCUT2D eigenvalue weighted by molar-refractivity contribution is 6.31. The van der Waals surface area contributed by atoms with Crippen LogP contribution in [0.15, 0.2) is 24.3 Å². The molecule has 9 heteroatoms. The lowest BCUT2D eigenvalue weighted by molar-refractivity contribution is -0.141. The van der Waals surface area contributed by atoms with Crippen molar-refractivity contribution in [3.8, 4) is 0 Å². The minimum Gasteiger partial charge on any atom is -0.388 e. The van der Waals surface area contributed by atoms with Crippen LogP contribution in [0.4, 0.5) is 0 Å². The largest absolute Gasteiger partial charge is 0.388 e. The van der Waals surface area contributed by atoms with Crippen molar-refractivity contribution in [2.45, 2.75) is 37.7 Å². The molecular formula is C18H22ClN3O5. The first-order valence-corrected chi connectivity index (χ1v) is 9.10. The number of amides is 2. The summed E-state index contributed by atoms with van der Waals surface area (Å²) >= 11 is 5.95. The van der Waals surface area contributed by atoms with E-state index in [2.05, 4.69) is 10.3 Å². The fourth-order valence-corrected chi connectivity index (χ4v) is 3.37. The summed E-state index contributed by atoms with van der Waals surface area (Å²) < 4.78 is 0. The van der Waals surface area contributed by atoms with Crippen LogP contribution in [0.25, 0.3) is 10.9 Å². The third-order valence-electron chi connectivity index (χ3n) is 4.79. The van der Waals surface area contributed by atoms with E-state index in [0.717, 1.165) is 10.9 Å². The van der Waals surface area contributed by atoms with Crippen LogP contribution in [-0.4, -0.2) is 74.5 Å². The number of fused-ring (bicyclic) bond motifs is 1. The lowest BCUT2D eigenvalue weighted by atomic mass is 10.1. The number of rotatable bonds is 5. The van der Waals surface area contributed by atoms with Gasteiger partial charge in [-0.2, -0.15) is 0 Å². The predicted molar refractivity (Wildman–Crippen MR) is 99.5 cm³/mol. The van der Waals surface area contributed by atoms with Gasteiger partial charge in [-0.1, -0.05) is 18.5 Å². The zero-order valence-electron chi connectivity index (χ0n) is 14.7. The van der Waals surface area contributed by atoms with Gasteiger partial charge >= 0.3 is 0 Å². The number of aromatic amines is 1. The van der Waals surface area contributed by atoms with Gasteiger partial charge in [0.2, 0.25) is 0 Å². The molecule has 8 nitrogen and oxygen atoms in total. The highest BCUT2D eigenvalue weighted by Crippen LogP contribution is 2.20. The summed E-state index contributed by atoms with van der Waals surface area (Å²) in [4.78, 5) is 29.1. The van der Waals surface area contributed by atoms with Gasteiger partial charge in [-0.3, -0.25) is 9.59 Å². The van der Waals surface area contributed by atoms with Crippen molar-refractivity contribution >= 4 is 34.3 Å². The minimum absolute atomic E-state index is 0.0514. The Kier molecular flexibility index (Phi) is 5.71. The predicted octanol–water partition coefficient (Wildman–Crippen LogP) is 0.255. The van der Waals surface area contributed by atoms with E-state index in [0.29, 0.717) is 11.4 Å². The standard InChI is InChI=1S/C18H22ClN3O5/c1-2-11(16(25)18(27)22-7-14(23)15(24)8-22)21-17(26)13-6-9-5-10(19)3-4-12(9)20-13/h3-6,11,14-16,20,23-25H,2,7-8H2,1H3,(H,21,26)/t11-,14-,15+,16+/m0/s1. The Balaban J connectivity index is 1.69. The molecule has 1 aliphatic rings. The van der Waals surface area contributed by atoms with E-state index in [4.69, 9.17) is 11.6 Å². The van der Waals surface area contributed by atoms with Crippen molar-refractivity contribution in [1.82, 2.24) is 15.2 Å². The monoisotopic (exact) mass is 395 g/mol. The number of aliphatic hydroxyl groups excluding tert-OH is 3. The van der Waals surface area contributed by atoms with E-state index in [1.807, 2.05) is 0 Å². The smallest absolute Gasteiger partial charge is 0.268 e. The number of aliphatic hydroxyl groups is 3. The number of carbonyl (C=O) groups is 2. The van der Waals surface area contributed by atoms with Gasteiger partial charge in [0.05, 0.1) is 18.2 Å². The van der Waals surface area contributed by atoms with Gasteiger partial charge in [0.15, 0.2) is 6.10 Å². The average molecular weight is 396 g/mol. The maximum atomic E-state index is 12.5. The van der Waals surface area contributed by atoms with Gasteiger partial charge < -0.3 is 30.5 Å². The zero-order valence-corrected chi connectivity index (χ0v) is 15.5. The van der Waals surface area contributed by atoms with Crippen LogP contribution in [0.2, 0.25) is 5.02 Å². The number of β-amino-alcohol motifs (C(OH)–C–C–N with tert-alkyl or cyclic N) is 2. The normalized spacial score (nSPS) is 22.0. The molecule has 0 radical (unpaired) electrons.